The molecule has 1 aromatic carbocycles. The first-order chi connectivity index (χ1) is 8.69. The Kier molecular flexibility index (Phi) is 3.67. The molecule has 0 amide bonds. The Balaban J connectivity index is 2.52. The van der Waals surface area contributed by atoms with Crippen molar-refractivity contribution in [3.05, 3.63) is 47.0 Å². The van der Waals surface area contributed by atoms with Gasteiger partial charge in [0.05, 0.1) is 13.2 Å². The first kappa shape index (κ1) is 12.6. The van der Waals surface area contributed by atoms with Gasteiger partial charge in [-0.2, -0.15) is 0 Å². The summed E-state index contributed by atoms with van der Waals surface area (Å²) in [4.78, 5) is 7.46. The van der Waals surface area contributed by atoms with E-state index in [4.69, 9.17) is 4.74 Å². The summed E-state index contributed by atoms with van der Waals surface area (Å²) in [5.41, 5.74) is 3.49. The van der Waals surface area contributed by atoms with Crippen molar-refractivity contribution in [1.82, 2.24) is 15.3 Å². The number of aryl methyl sites for hydroxylation is 1. The quantitative estimate of drug-likeness (QED) is 0.869. The van der Waals surface area contributed by atoms with Crippen molar-refractivity contribution in [1.29, 1.82) is 0 Å². The van der Waals surface area contributed by atoms with Crippen molar-refractivity contribution in [3.8, 4) is 5.75 Å². The third-order valence-corrected chi connectivity index (χ3v) is 3.30. The average Bonchev–Trinajstić information content (AvgIpc) is 2.89. The number of rotatable bonds is 4. The predicted molar refractivity (Wildman–Crippen MR) is 72.0 cm³/mol. The minimum Gasteiger partial charge on any atom is -0.496 e. The number of hydrogen-bond acceptors (Lipinski definition) is 3. The van der Waals surface area contributed by atoms with Crippen molar-refractivity contribution >= 4 is 0 Å². The molecule has 18 heavy (non-hydrogen) atoms. The summed E-state index contributed by atoms with van der Waals surface area (Å²) in [5.74, 6) is 1.81. The molecule has 4 nitrogen and oxygen atoms in total. The third kappa shape index (κ3) is 2.11. The summed E-state index contributed by atoms with van der Waals surface area (Å²) in [6, 6.07) is 4.21. The monoisotopic (exact) mass is 245 g/mol. The summed E-state index contributed by atoms with van der Waals surface area (Å²) >= 11 is 0. The molecule has 0 radical (unpaired) electrons. The fourth-order valence-corrected chi connectivity index (χ4v) is 2.18. The molecule has 0 bridgehead atoms. The second-order valence-electron chi connectivity index (χ2n) is 4.33. The fourth-order valence-electron chi connectivity index (χ4n) is 2.18. The van der Waals surface area contributed by atoms with Crippen molar-refractivity contribution < 1.29 is 4.74 Å². The Morgan fingerprint density at radius 2 is 2.11 bits per heavy atom. The van der Waals surface area contributed by atoms with E-state index in [1.165, 1.54) is 11.1 Å². The topological polar surface area (TPSA) is 49.9 Å². The lowest BCUT2D eigenvalue weighted by molar-refractivity contribution is 0.401. The average molecular weight is 245 g/mol. The lowest BCUT2D eigenvalue weighted by atomic mass is 9.98. The summed E-state index contributed by atoms with van der Waals surface area (Å²) in [6.45, 7) is 4.16. The Morgan fingerprint density at radius 3 is 2.67 bits per heavy atom. The minimum atomic E-state index is 0.00856. The van der Waals surface area contributed by atoms with E-state index in [1.807, 2.05) is 13.2 Å². The molecule has 2 aromatic rings. The first-order valence-corrected chi connectivity index (χ1v) is 5.99. The maximum absolute atomic E-state index is 5.56. The number of ether oxygens (including phenoxy) is 1. The molecule has 4 heteroatoms. The Labute approximate surface area is 107 Å². The van der Waals surface area contributed by atoms with Gasteiger partial charge in [-0.1, -0.05) is 12.1 Å². The largest absolute Gasteiger partial charge is 0.496 e. The summed E-state index contributed by atoms with van der Waals surface area (Å²) in [5, 5.41) is 3.27. The van der Waals surface area contributed by atoms with E-state index >= 15 is 0 Å². The van der Waals surface area contributed by atoms with Crippen LogP contribution >= 0.6 is 0 Å². The zero-order valence-corrected chi connectivity index (χ0v) is 11.2. The van der Waals surface area contributed by atoms with E-state index in [1.54, 1.807) is 13.3 Å². The van der Waals surface area contributed by atoms with Gasteiger partial charge in [0.2, 0.25) is 0 Å². The normalized spacial score (nSPS) is 12.4. The van der Waals surface area contributed by atoms with Crippen LogP contribution < -0.4 is 10.1 Å². The van der Waals surface area contributed by atoms with Crippen molar-refractivity contribution in [2.24, 2.45) is 0 Å². The van der Waals surface area contributed by atoms with Crippen LogP contribution in [0.3, 0.4) is 0 Å². The molecule has 0 saturated heterocycles. The number of hydrogen-bond donors (Lipinski definition) is 2. The molecular weight excluding hydrogens is 226 g/mol. The van der Waals surface area contributed by atoms with E-state index < -0.39 is 0 Å². The molecule has 0 saturated carbocycles. The van der Waals surface area contributed by atoms with Gasteiger partial charge in [0.25, 0.3) is 0 Å². The van der Waals surface area contributed by atoms with Crippen LogP contribution in [0, 0.1) is 13.8 Å². The van der Waals surface area contributed by atoms with Crippen LogP contribution in [0.25, 0.3) is 0 Å². The molecule has 0 aliphatic carbocycles. The second kappa shape index (κ2) is 5.23. The molecular formula is C14H19N3O. The van der Waals surface area contributed by atoms with Crippen LogP contribution in [0.4, 0.5) is 0 Å². The van der Waals surface area contributed by atoms with E-state index in [2.05, 4.69) is 41.3 Å². The van der Waals surface area contributed by atoms with Crippen LogP contribution in [-0.2, 0) is 0 Å². The number of aromatic amines is 1. The molecule has 0 spiro atoms. The Hall–Kier alpha value is -1.81. The summed E-state index contributed by atoms with van der Waals surface area (Å²) in [7, 11) is 3.63. The molecule has 0 aliphatic heterocycles. The van der Waals surface area contributed by atoms with Crippen LogP contribution in [0.1, 0.15) is 28.6 Å². The Morgan fingerprint density at radius 1 is 1.33 bits per heavy atom. The number of H-pyrrole nitrogens is 1. The van der Waals surface area contributed by atoms with Crippen molar-refractivity contribution in [3.63, 3.8) is 0 Å². The van der Waals surface area contributed by atoms with E-state index in [-0.39, 0.29) is 6.04 Å². The zero-order chi connectivity index (χ0) is 13.1. The minimum absolute atomic E-state index is 0.00856. The van der Waals surface area contributed by atoms with Gasteiger partial charge in [-0.3, -0.25) is 0 Å². The van der Waals surface area contributed by atoms with E-state index in [0.717, 1.165) is 17.1 Å². The molecule has 1 heterocycles. The standard InChI is InChI=1S/C14H19N3O/c1-9-5-6-11(13(18-4)10(9)2)12(15-3)14-16-7-8-17-14/h5-8,12,15H,1-4H3,(H,16,17). The predicted octanol–water partition coefficient (Wildman–Crippen LogP) is 2.34. The summed E-state index contributed by atoms with van der Waals surface area (Å²) in [6.07, 6.45) is 3.58. The van der Waals surface area contributed by atoms with Crippen LogP contribution in [-0.4, -0.2) is 24.1 Å². The van der Waals surface area contributed by atoms with Gasteiger partial charge in [0, 0.05) is 18.0 Å². The van der Waals surface area contributed by atoms with Gasteiger partial charge in [-0.25, -0.2) is 4.98 Å². The van der Waals surface area contributed by atoms with Gasteiger partial charge >= 0.3 is 0 Å². The number of nitrogens with zero attached hydrogens (tertiary/aromatic N) is 1. The number of imidazole rings is 1. The first-order valence-electron chi connectivity index (χ1n) is 5.99. The van der Waals surface area contributed by atoms with Crippen LogP contribution in [0.2, 0.25) is 0 Å². The molecule has 0 fully saturated rings. The molecule has 96 valence electrons. The van der Waals surface area contributed by atoms with Crippen LogP contribution in [0.5, 0.6) is 5.75 Å². The summed E-state index contributed by atoms with van der Waals surface area (Å²) < 4.78 is 5.56. The lowest BCUT2D eigenvalue weighted by Crippen LogP contribution is -2.20. The SMILES string of the molecule is CNC(c1ncc[nH]1)c1ccc(C)c(C)c1OC. The highest BCUT2D eigenvalue weighted by atomic mass is 16.5. The highest BCUT2D eigenvalue weighted by Crippen LogP contribution is 2.32. The van der Waals surface area contributed by atoms with Gasteiger partial charge in [0.15, 0.2) is 0 Å². The maximum atomic E-state index is 5.56. The molecule has 1 unspecified atom stereocenters. The number of benzene rings is 1. The Bertz CT molecular complexity index is 520. The fraction of sp³-hybridized carbons (Fsp3) is 0.357. The van der Waals surface area contributed by atoms with E-state index in [9.17, 15) is 0 Å². The van der Waals surface area contributed by atoms with Gasteiger partial charge in [0.1, 0.15) is 11.6 Å². The van der Waals surface area contributed by atoms with E-state index in [0.29, 0.717) is 0 Å². The van der Waals surface area contributed by atoms with Crippen molar-refractivity contribution in [2.45, 2.75) is 19.9 Å². The molecule has 0 aliphatic rings. The number of aromatic nitrogens is 2. The van der Waals surface area contributed by atoms with Crippen LogP contribution in [0.15, 0.2) is 24.5 Å². The van der Waals surface area contributed by atoms with Gasteiger partial charge in [-0.15, -0.1) is 0 Å². The zero-order valence-electron chi connectivity index (χ0n) is 11.2. The van der Waals surface area contributed by atoms with Gasteiger partial charge < -0.3 is 15.0 Å². The highest BCUT2D eigenvalue weighted by molar-refractivity contribution is 5.48. The van der Waals surface area contributed by atoms with Crippen molar-refractivity contribution in [2.75, 3.05) is 14.2 Å². The third-order valence-electron chi connectivity index (χ3n) is 3.30. The smallest absolute Gasteiger partial charge is 0.127 e. The van der Waals surface area contributed by atoms with Gasteiger partial charge in [-0.05, 0) is 32.0 Å². The second-order valence-corrected chi connectivity index (χ2v) is 4.33. The maximum Gasteiger partial charge on any atom is 0.127 e. The molecule has 1 atom stereocenters. The number of methoxy groups -OCH3 is 1. The highest BCUT2D eigenvalue weighted by Gasteiger charge is 2.20. The molecule has 1 aromatic heterocycles. The lowest BCUT2D eigenvalue weighted by Gasteiger charge is -2.20. The number of nitrogens with one attached hydrogen (secondary N) is 2. The molecule has 2 N–H and O–H groups in total. The molecule has 2 rings (SSSR count).